The molecule has 5 nitrogen and oxygen atoms in total. The predicted molar refractivity (Wildman–Crippen MR) is 80.6 cm³/mol. The molecule has 0 saturated carbocycles. The van der Waals surface area contributed by atoms with Crippen molar-refractivity contribution >= 4 is 72.3 Å². The molecule has 0 bridgehead atoms. The van der Waals surface area contributed by atoms with Crippen LogP contribution in [0.1, 0.15) is 9.67 Å². The van der Waals surface area contributed by atoms with E-state index in [9.17, 15) is 9.59 Å². The van der Waals surface area contributed by atoms with Gasteiger partial charge in [0.05, 0.1) is 13.3 Å². The zero-order chi connectivity index (χ0) is 14.0. The molecule has 0 aliphatic rings. The van der Waals surface area contributed by atoms with E-state index < -0.39 is 12.1 Å². The zero-order valence-electron chi connectivity index (χ0n) is 8.98. The molecule has 0 unspecified atom stereocenters. The number of ether oxygens (including phenoxy) is 1. The second-order valence-corrected chi connectivity index (χ2v) is 7.84. The third-order valence-corrected chi connectivity index (χ3v) is 5.17. The summed E-state index contributed by atoms with van der Waals surface area (Å²) in [6.07, 6.45) is -1.45. The van der Waals surface area contributed by atoms with E-state index >= 15 is 0 Å². The number of thiophene rings is 2. The molecule has 2 rings (SSSR count). The molecule has 1 amide bonds. The highest BCUT2D eigenvalue weighted by Gasteiger charge is 2.18. The SMILES string of the molecule is O=C(O)Oc1ccsc1C(=O)Nc1cc(Br)sc1Br. The first-order chi connectivity index (χ1) is 8.97. The molecule has 100 valence electrons. The first kappa shape index (κ1) is 14.5. The minimum atomic E-state index is -1.45. The van der Waals surface area contributed by atoms with Gasteiger partial charge in [0.2, 0.25) is 0 Å². The van der Waals surface area contributed by atoms with Gasteiger partial charge in [0, 0.05) is 0 Å². The number of rotatable bonds is 3. The first-order valence-corrected chi connectivity index (χ1v) is 8.00. The molecule has 9 heteroatoms. The van der Waals surface area contributed by atoms with Crippen LogP contribution in [0.3, 0.4) is 0 Å². The number of amides is 1. The maximum absolute atomic E-state index is 12.0. The highest BCUT2D eigenvalue weighted by Crippen LogP contribution is 2.36. The van der Waals surface area contributed by atoms with E-state index in [2.05, 4.69) is 41.9 Å². The topological polar surface area (TPSA) is 75.6 Å². The van der Waals surface area contributed by atoms with Crippen molar-refractivity contribution in [1.82, 2.24) is 0 Å². The number of nitrogens with one attached hydrogen (secondary N) is 1. The van der Waals surface area contributed by atoms with Crippen LogP contribution < -0.4 is 10.1 Å². The molecule has 19 heavy (non-hydrogen) atoms. The monoisotopic (exact) mass is 425 g/mol. The molecule has 2 N–H and O–H groups in total. The van der Waals surface area contributed by atoms with Crippen molar-refractivity contribution in [3.63, 3.8) is 0 Å². The number of anilines is 1. The van der Waals surface area contributed by atoms with E-state index in [1.54, 1.807) is 11.4 Å². The van der Waals surface area contributed by atoms with E-state index in [0.717, 1.165) is 18.9 Å². The summed E-state index contributed by atoms with van der Waals surface area (Å²) in [5.74, 6) is -0.391. The van der Waals surface area contributed by atoms with E-state index in [0.29, 0.717) is 5.69 Å². The van der Waals surface area contributed by atoms with Crippen LogP contribution in [-0.4, -0.2) is 17.2 Å². The molecule has 2 heterocycles. The summed E-state index contributed by atoms with van der Waals surface area (Å²) in [5.41, 5.74) is 0.608. The van der Waals surface area contributed by atoms with Crippen LogP contribution in [0.5, 0.6) is 5.75 Å². The van der Waals surface area contributed by atoms with Crippen molar-refractivity contribution in [2.75, 3.05) is 5.32 Å². The molecule has 2 aromatic heterocycles. The van der Waals surface area contributed by atoms with Crippen molar-refractivity contribution in [2.24, 2.45) is 0 Å². The summed E-state index contributed by atoms with van der Waals surface area (Å²) in [6.45, 7) is 0. The zero-order valence-corrected chi connectivity index (χ0v) is 13.8. The summed E-state index contributed by atoms with van der Waals surface area (Å²) < 4.78 is 6.16. The van der Waals surface area contributed by atoms with Gasteiger partial charge in [0.25, 0.3) is 5.91 Å². The molecule has 0 radical (unpaired) electrons. The summed E-state index contributed by atoms with van der Waals surface area (Å²) in [7, 11) is 0. The van der Waals surface area contributed by atoms with E-state index in [1.165, 1.54) is 17.4 Å². The van der Waals surface area contributed by atoms with Gasteiger partial charge in [0.1, 0.15) is 4.88 Å². The molecular weight excluding hydrogens is 422 g/mol. The van der Waals surface area contributed by atoms with E-state index in [1.807, 2.05) is 0 Å². The fraction of sp³-hybridized carbons (Fsp3) is 0. The molecule has 0 spiro atoms. The highest BCUT2D eigenvalue weighted by molar-refractivity contribution is 9.12. The van der Waals surface area contributed by atoms with Crippen LogP contribution in [0.4, 0.5) is 10.5 Å². The molecule has 2 aromatic rings. The van der Waals surface area contributed by atoms with Crippen LogP contribution in [-0.2, 0) is 0 Å². The number of carbonyl (C=O) groups excluding carboxylic acids is 1. The molecule has 0 saturated heterocycles. The summed E-state index contributed by atoms with van der Waals surface area (Å²) in [5, 5.41) is 12.8. The highest BCUT2D eigenvalue weighted by atomic mass is 79.9. The Bertz CT molecular complexity index is 637. The molecule has 0 aliphatic heterocycles. The van der Waals surface area contributed by atoms with Gasteiger partial charge in [-0.2, -0.15) is 0 Å². The minimum Gasteiger partial charge on any atom is -0.449 e. The van der Waals surface area contributed by atoms with Crippen molar-refractivity contribution in [2.45, 2.75) is 0 Å². The minimum absolute atomic E-state index is 0.0282. The Hall–Kier alpha value is -0.900. The average Bonchev–Trinajstić information content (AvgIpc) is 2.85. The maximum Gasteiger partial charge on any atom is 0.511 e. The third-order valence-electron chi connectivity index (χ3n) is 1.94. The van der Waals surface area contributed by atoms with Crippen molar-refractivity contribution in [3.8, 4) is 5.75 Å². The Morgan fingerprint density at radius 3 is 2.68 bits per heavy atom. The van der Waals surface area contributed by atoms with Crippen molar-refractivity contribution in [1.29, 1.82) is 0 Å². The van der Waals surface area contributed by atoms with Gasteiger partial charge in [0.15, 0.2) is 5.75 Å². The fourth-order valence-corrected chi connectivity index (χ4v) is 4.62. The molecule has 0 aromatic carbocycles. The fourth-order valence-electron chi connectivity index (χ4n) is 1.24. The Labute approximate surface area is 132 Å². The standard InChI is InChI=1S/C10H5Br2NO4S2/c11-6-3-4(8(12)19-6)13-9(14)7-5(1-2-18-7)17-10(15)16/h1-3H,(H,13,14)(H,15,16). The van der Waals surface area contributed by atoms with Gasteiger partial charge in [-0.05, 0) is 49.4 Å². The number of carboxylic acid groups (broad SMARTS) is 1. The third kappa shape index (κ3) is 3.56. The van der Waals surface area contributed by atoms with E-state index in [4.69, 9.17) is 5.11 Å². The van der Waals surface area contributed by atoms with Gasteiger partial charge in [-0.3, -0.25) is 4.79 Å². The summed E-state index contributed by atoms with van der Waals surface area (Å²) in [6, 6.07) is 3.18. The Morgan fingerprint density at radius 1 is 1.37 bits per heavy atom. The summed E-state index contributed by atoms with van der Waals surface area (Å²) >= 11 is 9.15. The average molecular weight is 427 g/mol. The molecule has 0 atom stereocenters. The van der Waals surface area contributed by atoms with Crippen LogP contribution in [0.25, 0.3) is 0 Å². The lowest BCUT2D eigenvalue weighted by Crippen LogP contribution is -2.12. The van der Waals surface area contributed by atoms with Crippen molar-refractivity contribution < 1.29 is 19.4 Å². The lowest BCUT2D eigenvalue weighted by Gasteiger charge is -2.04. The Morgan fingerprint density at radius 2 is 2.11 bits per heavy atom. The lowest BCUT2D eigenvalue weighted by molar-refractivity contribution is 0.102. The quantitative estimate of drug-likeness (QED) is 0.700. The maximum atomic E-state index is 12.0. The van der Waals surface area contributed by atoms with Crippen LogP contribution in [0.15, 0.2) is 25.1 Å². The van der Waals surface area contributed by atoms with Gasteiger partial charge >= 0.3 is 6.16 Å². The first-order valence-electron chi connectivity index (χ1n) is 4.72. The summed E-state index contributed by atoms with van der Waals surface area (Å²) in [4.78, 5) is 22.7. The Balaban J connectivity index is 2.18. The largest absolute Gasteiger partial charge is 0.511 e. The van der Waals surface area contributed by atoms with Gasteiger partial charge < -0.3 is 15.2 Å². The van der Waals surface area contributed by atoms with E-state index in [-0.39, 0.29) is 10.6 Å². The lowest BCUT2D eigenvalue weighted by atomic mass is 10.4. The smallest absolute Gasteiger partial charge is 0.449 e. The van der Waals surface area contributed by atoms with Crippen LogP contribution >= 0.6 is 54.5 Å². The molecular formula is C10H5Br2NO4S2. The van der Waals surface area contributed by atoms with Gasteiger partial charge in [-0.25, -0.2) is 4.79 Å². The number of hydrogen-bond donors (Lipinski definition) is 2. The predicted octanol–water partition coefficient (Wildman–Crippen LogP) is 4.64. The van der Waals surface area contributed by atoms with Crippen LogP contribution in [0, 0.1) is 0 Å². The molecule has 0 fully saturated rings. The second kappa shape index (κ2) is 6.04. The molecule has 0 aliphatic carbocycles. The van der Waals surface area contributed by atoms with Gasteiger partial charge in [-0.1, -0.05) is 0 Å². The number of halogens is 2. The second-order valence-electron chi connectivity index (χ2n) is 3.17. The Kier molecular flexibility index (Phi) is 4.61. The number of hydrogen-bond acceptors (Lipinski definition) is 5. The van der Waals surface area contributed by atoms with Gasteiger partial charge in [-0.15, -0.1) is 22.7 Å². The number of carbonyl (C=O) groups is 2. The normalized spacial score (nSPS) is 10.2. The van der Waals surface area contributed by atoms with Crippen molar-refractivity contribution in [3.05, 3.63) is 30.0 Å². The van der Waals surface area contributed by atoms with Crippen LogP contribution in [0.2, 0.25) is 0 Å².